The predicted octanol–water partition coefficient (Wildman–Crippen LogP) is 3.78. The summed E-state index contributed by atoms with van der Waals surface area (Å²) in [4.78, 5) is 41.7. The monoisotopic (exact) mass is 471 g/mol. The van der Waals surface area contributed by atoms with Crippen molar-refractivity contribution >= 4 is 40.4 Å². The van der Waals surface area contributed by atoms with E-state index in [1.165, 1.54) is 24.3 Å². The number of alkyl halides is 2. The van der Waals surface area contributed by atoms with E-state index in [1.54, 1.807) is 12.1 Å². The summed E-state index contributed by atoms with van der Waals surface area (Å²) >= 11 is 1.10. The van der Waals surface area contributed by atoms with Crippen LogP contribution >= 0.6 is 11.8 Å². The average molecular weight is 471 g/mol. The number of carbonyl (C=O) groups excluding carboxylic acids is 3. The highest BCUT2D eigenvalue weighted by atomic mass is 32.2. The molecular weight excluding hydrogens is 452 g/mol. The summed E-state index contributed by atoms with van der Waals surface area (Å²) in [5.74, 6) is -1.60. The van der Waals surface area contributed by atoms with Gasteiger partial charge < -0.3 is 10.1 Å². The first-order valence-electron chi connectivity index (χ1n) is 10.1. The van der Waals surface area contributed by atoms with Crippen LogP contribution < -0.4 is 15.4 Å². The summed E-state index contributed by atoms with van der Waals surface area (Å²) in [7, 11) is 0. The fourth-order valence-corrected chi connectivity index (χ4v) is 3.78. The van der Waals surface area contributed by atoms with Crippen LogP contribution in [0.25, 0.3) is 10.9 Å². The molecule has 0 aliphatic heterocycles. The number of hydrogen-bond acceptors (Lipinski definition) is 6. The minimum Gasteiger partial charge on any atom is -0.435 e. The van der Waals surface area contributed by atoms with Crippen molar-refractivity contribution in [3.8, 4) is 5.75 Å². The topological polar surface area (TPSA) is 97.4 Å². The molecule has 0 spiro atoms. The molecule has 1 aromatic heterocycles. The van der Waals surface area contributed by atoms with E-state index >= 15 is 0 Å². The van der Waals surface area contributed by atoms with Gasteiger partial charge in [0.15, 0.2) is 0 Å². The molecule has 170 valence electrons. The Hall–Kier alpha value is -3.53. The van der Waals surface area contributed by atoms with E-state index in [1.807, 2.05) is 18.2 Å². The highest BCUT2D eigenvalue weighted by Crippen LogP contribution is 2.26. The standard InChI is InChI=1S/C23H19F2N3O4S/c24-23(25)32-15-9-5-13(6-10-15)21(30)28-19(29)12-33-20-11-17(22(31)26-14-7-8-14)16-3-1-2-4-18(16)27-20/h1-6,9-11,14,23H,7-8,12H2,(H,26,31)(H,28,29,30). The second kappa shape index (κ2) is 9.95. The maximum absolute atomic E-state index is 12.7. The van der Waals surface area contributed by atoms with Gasteiger partial charge in [-0.15, -0.1) is 0 Å². The van der Waals surface area contributed by atoms with Gasteiger partial charge in [0.25, 0.3) is 11.8 Å². The van der Waals surface area contributed by atoms with Crippen molar-refractivity contribution in [1.82, 2.24) is 15.6 Å². The SMILES string of the molecule is O=C(CSc1cc(C(=O)NC2CC2)c2ccccc2n1)NC(=O)c1ccc(OC(F)F)cc1. The lowest BCUT2D eigenvalue weighted by molar-refractivity contribution is -0.117. The van der Waals surface area contributed by atoms with E-state index in [9.17, 15) is 23.2 Å². The van der Waals surface area contributed by atoms with E-state index in [4.69, 9.17) is 0 Å². The first-order chi connectivity index (χ1) is 15.9. The lowest BCUT2D eigenvalue weighted by atomic mass is 10.1. The van der Waals surface area contributed by atoms with Crippen LogP contribution in [0.5, 0.6) is 5.75 Å². The van der Waals surface area contributed by atoms with Crippen LogP contribution in [0.1, 0.15) is 33.6 Å². The molecule has 0 radical (unpaired) electrons. The maximum Gasteiger partial charge on any atom is 0.387 e. The third kappa shape index (κ3) is 6.04. The third-order valence-electron chi connectivity index (χ3n) is 4.80. The summed E-state index contributed by atoms with van der Waals surface area (Å²) < 4.78 is 28.7. The molecule has 0 saturated heterocycles. The van der Waals surface area contributed by atoms with Crippen LogP contribution in [0.2, 0.25) is 0 Å². The van der Waals surface area contributed by atoms with Gasteiger partial charge in [0.2, 0.25) is 5.91 Å². The molecule has 1 fully saturated rings. The van der Waals surface area contributed by atoms with Crippen LogP contribution in [0, 0.1) is 0 Å². The van der Waals surface area contributed by atoms with Crippen molar-refractivity contribution in [2.75, 3.05) is 5.75 Å². The minimum atomic E-state index is -2.97. The van der Waals surface area contributed by atoms with Crippen molar-refractivity contribution in [3.63, 3.8) is 0 Å². The third-order valence-corrected chi connectivity index (χ3v) is 5.71. The molecule has 0 bridgehead atoms. The normalized spacial score (nSPS) is 13.1. The zero-order valence-corrected chi connectivity index (χ0v) is 18.0. The van der Waals surface area contributed by atoms with E-state index in [0.29, 0.717) is 16.1 Å². The second-order valence-corrected chi connectivity index (χ2v) is 8.34. The van der Waals surface area contributed by atoms with Crippen molar-refractivity contribution in [3.05, 3.63) is 65.7 Å². The number of pyridine rings is 1. The highest BCUT2D eigenvalue weighted by molar-refractivity contribution is 7.99. The van der Waals surface area contributed by atoms with Crippen molar-refractivity contribution in [2.24, 2.45) is 0 Å². The number of imide groups is 1. The first kappa shape index (κ1) is 22.7. The zero-order valence-electron chi connectivity index (χ0n) is 17.2. The predicted molar refractivity (Wildman–Crippen MR) is 119 cm³/mol. The maximum atomic E-state index is 12.7. The van der Waals surface area contributed by atoms with Crippen molar-refractivity contribution in [1.29, 1.82) is 0 Å². The van der Waals surface area contributed by atoms with Gasteiger partial charge in [-0.1, -0.05) is 30.0 Å². The summed E-state index contributed by atoms with van der Waals surface area (Å²) in [6, 6.07) is 14.1. The molecule has 10 heteroatoms. The largest absolute Gasteiger partial charge is 0.435 e. The minimum absolute atomic E-state index is 0.0904. The van der Waals surface area contributed by atoms with E-state index < -0.39 is 18.4 Å². The Bertz CT molecular complexity index is 1200. The number of amides is 3. The number of aromatic nitrogens is 1. The number of benzene rings is 2. The first-order valence-corrected chi connectivity index (χ1v) is 11.1. The van der Waals surface area contributed by atoms with Gasteiger partial charge >= 0.3 is 6.61 Å². The summed E-state index contributed by atoms with van der Waals surface area (Å²) in [5.41, 5.74) is 1.24. The van der Waals surface area contributed by atoms with E-state index in [2.05, 4.69) is 20.4 Å². The van der Waals surface area contributed by atoms with Crippen LogP contribution in [-0.4, -0.2) is 41.1 Å². The van der Waals surface area contributed by atoms with Gasteiger partial charge in [-0.2, -0.15) is 8.78 Å². The van der Waals surface area contributed by atoms with E-state index in [-0.39, 0.29) is 29.0 Å². The summed E-state index contributed by atoms with van der Waals surface area (Å²) in [6.07, 6.45) is 1.93. The van der Waals surface area contributed by atoms with Gasteiger partial charge in [0, 0.05) is 17.0 Å². The molecule has 0 atom stereocenters. The number of nitrogens with zero attached hydrogens (tertiary/aromatic N) is 1. The molecule has 1 aliphatic carbocycles. The molecule has 3 aromatic rings. The van der Waals surface area contributed by atoms with Crippen molar-refractivity contribution in [2.45, 2.75) is 30.5 Å². The highest BCUT2D eigenvalue weighted by Gasteiger charge is 2.25. The number of nitrogens with one attached hydrogen (secondary N) is 2. The van der Waals surface area contributed by atoms with Gasteiger partial charge in [0.05, 0.1) is 21.9 Å². The van der Waals surface area contributed by atoms with Gasteiger partial charge in [0.1, 0.15) is 5.75 Å². The molecule has 4 rings (SSSR count). The molecule has 1 saturated carbocycles. The molecule has 0 unspecified atom stereocenters. The van der Waals surface area contributed by atoms with Crippen LogP contribution in [0.3, 0.4) is 0 Å². The number of ether oxygens (including phenoxy) is 1. The Morgan fingerprint density at radius 2 is 1.79 bits per heavy atom. The molecule has 2 aromatic carbocycles. The summed E-state index contributed by atoms with van der Waals surface area (Å²) in [5, 5.41) is 6.40. The zero-order chi connectivity index (χ0) is 23.4. The van der Waals surface area contributed by atoms with Gasteiger partial charge in [-0.05, 0) is 49.2 Å². The van der Waals surface area contributed by atoms with Crippen molar-refractivity contribution < 1.29 is 27.9 Å². The Balaban J connectivity index is 1.39. The molecule has 1 heterocycles. The number of para-hydroxylation sites is 1. The van der Waals surface area contributed by atoms with Crippen LogP contribution in [-0.2, 0) is 4.79 Å². The van der Waals surface area contributed by atoms with Gasteiger partial charge in [-0.25, -0.2) is 4.98 Å². The smallest absolute Gasteiger partial charge is 0.387 e. The Morgan fingerprint density at radius 1 is 1.06 bits per heavy atom. The average Bonchev–Trinajstić information content (AvgIpc) is 3.61. The number of halogens is 2. The summed E-state index contributed by atoms with van der Waals surface area (Å²) in [6.45, 7) is -2.97. The van der Waals surface area contributed by atoms with Gasteiger partial charge in [-0.3, -0.25) is 19.7 Å². The molecule has 7 nitrogen and oxygen atoms in total. The van der Waals surface area contributed by atoms with Crippen LogP contribution in [0.15, 0.2) is 59.6 Å². The van der Waals surface area contributed by atoms with E-state index in [0.717, 1.165) is 30.0 Å². The Kier molecular flexibility index (Phi) is 6.83. The molecular formula is C23H19F2N3O4S. The fourth-order valence-electron chi connectivity index (χ4n) is 3.07. The second-order valence-electron chi connectivity index (χ2n) is 7.34. The molecule has 33 heavy (non-hydrogen) atoms. The lowest BCUT2D eigenvalue weighted by Crippen LogP contribution is -2.31. The Labute approximate surface area is 191 Å². The number of hydrogen-bond donors (Lipinski definition) is 2. The lowest BCUT2D eigenvalue weighted by Gasteiger charge is -2.10. The fraction of sp³-hybridized carbons (Fsp3) is 0.217. The number of fused-ring (bicyclic) bond motifs is 1. The molecule has 1 aliphatic rings. The number of rotatable bonds is 8. The Morgan fingerprint density at radius 3 is 2.48 bits per heavy atom. The number of carbonyl (C=O) groups is 3. The number of thioether (sulfide) groups is 1. The molecule has 2 N–H and O–H groups in total. The molecule has 3 amide bonds. The van der Waals surface area contributed by atoms with Crippen LogP contribution in [0.4, 0.5) is 8.78 Å². The quantitative estimate of drug-likeness (QED) is 0.486.